The van der Waals surface area contributed by atoms with Crippen molar-refractivity contribution in [1.82, 2.24) is 4.31 Å². The van der Waals surface area contributed by atoms with Crippen LogP contribution in [-0.4, -0.2) is 50.0 Å². The topological polar surface area (TPSA) is 72.6 Å². The monoisotopic (exact) mass is 330 g/mol. The number of sulfonamides is 1. The van der Waals surface area contributed by atoms with Crippen LogP contribution in [-0.2, 0) is 14.8 Å². The molecule has 0 spiro atoms. The van der Waals surface area contributed by atoms with Crippen LogP contribution in [0.25, 0.3) is 0 Å². The van der Waals surface area contributed by atoms with Gasteiger partial charge in [-0.25, -0.2) is 8.42 Å². The normalized spacial score (nSPS) is 20.5. The summed E-state index contributed by atoms with van der Waals surface area (Å²) in [6.45, 7) is 3.42. The van der Waals surface area contributed by atoms with Crippen LogP contribution < -0.4 is 5.73 Å². The lowest BCUT2D eigenvalue weighted by atomic mass is 10.2. The van der Waals surface area contributed by atoms with Crippen molar-refractivity contribution in [3.63, 3.8) is 0 Å². The zero-order valence-electron chi connectivity index (χ0n) is 12.2. The van der Waals surface area contributed by atoms with E-state index in [0.717, 1.165) is 11.3 Å². The summed E-state index contributed by atoms with van der Waals surface area (Å²) >= 11 is 1.48. The quantitative estimate of drug-likeness (QED) is 0.636. The van der Waals surface area contributed by atoms with E-state index in [1.54, 1.807) is 4.31 Å². The molecular weight excluding hydrogens is 308 g/mol. The van der Waals surface area contributed by atoms with Crippen molar-refractivity contribution in [1.29, 1.82) is 0 Å². The highest BCUT2D eigenvalue weighted by molar-refractivity contribution is 8.00. The van der Waals surface area contributed by atoms with E-state index < -0.39 is 10.0 Å². The van der Waals surface area contributed by atoms with Crippen LogP contribution in [0.3, 0.4) is 0 Å². The van der Waals surface area contributed by atoms with Crippen molar-refractivity contribution in [3.05, 3.63) is 24.3 Å². The minimum atomic E-state index is -3.24. The molecule has 1 aliphatic heterocycles. The second-order valence-electron chi connectivity index (χ2n) is 4.95. The largest absolute Gasteiger partial charge is 0.398 e. The van der Waals surface area contributed by atoms with Gasteiger partial charge in [0, 0.05) is 28.9 Å². The molecule has 7 heteroatoms. The summed E-state index contributed by atoms with van der Waals surface area (Å²) in [6.07, 6.45) is 0.776. The SMILES string of the molecule is CCC1COCCN1S(=O)(=O)CCSc1ccccc1N. The van der Waals surface area contributed by atoms with E-state index in [-0.39, 0.29) is 11.8 Å². The van der Waals surface area contributed by atoms with Crippen molar-refractivity contribution in [3.8, 4) is 0 Å². The first-order valence-electron chi connectivity index (χ1n) is 7.09. The Morgan fingerprint density at radius 2 is 2.19 bits per heavy atom. The fourth-order valence-corrected chi connectivity index (χ4v) is 5.37. The number of benzene rings is 1. The number of rotatable bonds is 6. The van der Waals surface area contributed by atoms with Gasteiger partial charge in [-0.2, -0.15) is 4.31 Å². The fourth-order valence-electron chi connectivity index (χ4n) is 2.31. The molecule has 1 aromatic rings. The number of anilines is 1. The molecule has 0 bridgehead atoms. The first-order chi connectivity index (χ1) is 10.0. The maximum absolute atomic E-state index is 12.5. The summed E-state index contributed by atoms with van der Waals surface area (Å²) < 4.78 is 31.9. The van der Waals surface area contributed by atoms with Gasteiger partial charge in [-0.05, 0) is 18.6 Å². The third-order valence-corrected chi connectivity index (χ3v) is 6.78. The lowest BCUT2D eigenvalue weighted by molar-refractivity contribution is 0.0315. The van der Waals surface area contributed by atoms with E-state index >= 15 is 0 Å². The van der Waals surface area contributed by atoms with Gasteiger partial charge in [-0.15, -0.1) is 11.8 Å². The molecular formula is C14H22N2O3S2. The summed E-state index contributed by atoms with van der Waals surface area (Å²) in [5, 5.41) is 0. The molecule has 1 atom stereocenters. The van der Waals surface area contributed by atoms with Crippen molar-refractivity contribution in [2.45, 2.75) is 24.3 Å². The van der Waals surface area contributed by atoms with Crippen LogP contribution in [0.15, 0.2) is 29.2 Å². The molecule has 1 fully saturated rings. The molecule has 118 valence electrons. The highest BCUT2D eigenvalue weighted by Gasteiger charge is 2.31. The summed E-state index contributed by atoms with van der Waals surface area (Å²) in [7, 11) is -3.24. The van der Waals surface area contributed by atoms with Gasteiger partial charge in [0.2, 0.25) is 10.0 Å². The van der Waals surface area contributed by atoms with Gasteiger partial charge in [0.15, 0.2) is 0 Å². The third-order valence-electron chi connectivity index (χ3n) is 3.52. The molecule has 2 rings (SSSR count). The van der Waals surface area contributed by atoms with Crippen molar-refractivity contribution < 1.29 is 13.2 Å². The van der Waals surface area contributed by atoms with Crippen molar-refractivity contribution >= 4 is 27.5 Å². The zero-order chi connectivity index (χ0) is 15.3. The predicted molar refractivity (Wildman–Crippen MR) is 87.0 cm³/mol. The van der Waals surface area contributed by atoms with Gasteiger partial charge in [0.1, 0.15) is 0 Å². The van der Waals surface area contributed by atoms with Gasteiger partial charge >= 0.3 is 0 Å². The van der Waals surface area contributed by atoms with Crippen LogP contribution in [0, 0.1) is 0 Å². The molecule has 0 saturated carbocycles. The standard InChI is InChI=1S/C14H22N2O3S2/c1-2-12-11-19-8-7-16(12)21(17,18)10-9-20-14-6-4-3-5-13(14)15/h3-6,12H,2,7-11,15H2,1H3. The fraction of sp³-hybridized carbons (Fsp3) is 0.571. The summed E-state index contributed by atoms with van der Waals surface area (Å²) in [4.78, 5) is 0.932. The van der Waals surface area contributed by atoms with Crippen molar-refractivity contribution in [2.75, 3.05) is 37.0 Å². The zero-order valence-corrected chi connectivity index (χ0v) is 13.8. The molecule has 5 nitrogen and oxygen atoms in total. The molecule has 1 aliphatic rings. The molecule has 0 aromatic heterocycles. The van der Waals surface area contributed by atoms with E-state index in [0.29, 0.717) is 31.2 Å². The Labute approximate surface area is 130 Å². The van der Waals surface area contributed by atoms with Crippen LogP contribution in [0.4, 0.5) is 5.69 Å². The number of morpholine rings is 1. The Balaban J connectivity index is 1.93. The third kappa shape index (κ3) is 4.35. The Hall–Kier alpha value is -0.760. The molecule has 1 saturated heterocycles. The van der Waals surface area contributed by atoms with E-state index in [9.17, 15) is 8.42 Å². The molecule has 0 aliphatic carbocycles. The highest BCUT2D eigenvalue weighted by Crippen LogP contribution is 2.25. The molecule has 1 aromatic carbocycles. The minimum absolute atomic E-state index is 0.0319. The van der Waals surface area contributed by atoms with Gasteiger partial charge < -0.3 is 10.5 Å². The summed E-state index contributed by atoms with van der Waals surface area (Å²) in [5.74, 6) is 0.632. The van der Waals surface area contributed by atoms with Crippen LogP contribution in [0.5, 0.6) is 0 Å². The van der Waals surface area contributed by atoms with Crippen LogP contribution >= 0.6 is 11.8 Å². The van der Waals surface area contributed by atoms with E-state index in [1.807, 2.05) is 31.2 Å². The number of para-hydroxylation sites is 1. The molecule has 2 N–H and O–H groups in total. The van der Waals surface area contributed by atoms with Crippen LogP contribution in [0.2, 0.25) is 0 Å². The Morgan fingerprint density at radius 1 is 1.43 bits per heavy atom. The molecule has 0 amide bonds. The van der Waals surface area contributed by atoms with E-state index in [1.165, 1.54) is 11.8 Å². The number of ether oxygens (including phenoxy) is 1. The van der Waals surface area contributed by atoms with E-state index in [2.05, 4.69) is 0 Å². The molecule has 1 unspecified atom stereocenters. The van der Waals surface area contributed by atoms with Gasteiger partial charge in [0.25, 0.3) is 0 Å². The maximum Gasteiger partial charge on any atom is 0.215 e. The average Bonchev–Trinajstić information content (AvgIpc) is 2.49. The van der Waals surface area contributed by atoms with Crippen LogP contribution in [0.1, 0.15) is 13.3 Å². The number of thioether (sulfide) groups is 1. The number of nitrogens with two attached hydrogens (primary N) is 1. The number of hydrogen-bond donors (Lipinski definition) is 1. The second-order valence-corrected chi connectivity index (χ2v) is 8.13. The Bertz CT molecular complexity index is 563. The smallest absolute Gasteiger partial charge is 0.215 e. The first kappa shape index (κ1) is 16.6. The second kappa shape index (κ2) is 7.49. The number of nitrogens with zero attached hydrogens (tertiary/aromatic N) is 1. The average molecular weight is 330 g/mol. The van der Waals surface area contributed by atoms with Gasteiger partial charge in [-0.3, -0.25) is 0 Å². The molecule has 21 heavy (non-hydrogen) atoms. The number of hydrogen-bond acceptors (Lipinski definition) is 5. The Morgan fingerprint density at radius 3 is 2.90 bits per heavy atom. The number of nitrogen functional groups attached to an aromatic ring is 1. The van der Waals surface area contributed by atoms with Gasteiger partial charge in [-0.1, -0.05) is 19.1 Å². The minimum Gasteiger partial charge on any atom is -0.398 e. The maximum atomic E-state index is 12.5. The summed E-state index contributed by atoms with van der Waals surface area (Å²) in [6, 6.07) is 7.48. The van der Waals surface area contributed by atoms with E-state index in [4.69, 9.17) is 10.5 Å². The van der Waals surface area contributed by atoms with Crippen molar-refractivity contribution in [2.24, 2.45) is 0 Å². The summed E-state index contributed by atoms with van der Waals surface area (Å²) in [5.41, 5.74) is 6.55. The highest BCUT2D eigenvalue weighted by atomic mass is 32.2. The Kier molecular flexibility index (Phi) is 5.92. The molecule has 0 radical (unpaired) electrons. The molecule has 1 heterocycles. The lowest BCUT2D eigenvalue weighted by Crippen LogP contribution is -2.49. The first-order valence-corrected chi connectivity index (χ1v) is 9.68. The lowest BCUT2D eigenvalue weighted by Gasteiger charge is -2.33. The van der Waals surface area contributed by atoms with Gasteiger partial charge in [0.05, 0.1) is 19.0 Å². The predicted octanol–water partition coefficient (Wildman–Crippen LogP) is 1.80.